The second kappa shape index (κ2) is 5.33. The van der Waals surface area contributed by atoms with E-state index in [2.05, 4.69) is 38.2 Å². The molecule has 1 aromatic rings. The quantitative estimate of drug-likeness (QED) is 0.832. The molecule has 0 saturated carbocycles. The lowest BCUT2D eigenvalue weighted by atomic mass is 9.83. The van der Waals surface area contributed by atoms with E-state index in [9.17, 15) is 4.79 Å². The summed E-state index contributed by atoms with van der Waals surface area (Å²) in [5, 5.41) is 3.61. The Kier molecular flexibility index (Phi) is 3.95. The van der Waals surface area contributed by atoms with Crippen LogP contribution in [0, 0.1) is 11.3 Å². The van der Waals surface area contributed by atoms with Crippen LogP contribution in [0.3, 0.4) is 0 Å². The van der Waals surface area contributed by atoms with E-state index in [0.717, 1.165) is 12.0 Å². The third kappa shape index (κ3) is 2.98. The van der Waals surface area contributed by atoms with E-state index in [0.29, 0.717) is 6.04 Å². The first-order valence-electron chi connectivity index (χ1n) is 6.82. The number of benzene rings is 1. The van der Waals surface area contributed by atoms with E-state index in [1.807, 2.05) is 18.2 Å². The minimum absolute atomic E-state index is 0.0536. The molecule has 3 nitrogen and oxygen atoms in total. The number of ether oxygens (including phenoxy) is 1. The fraction of sp³-hybridized carbons (Fsp3) is 0.562. The highest BCUT2D eigenvalue weighted by atomic mass is 16.5. The number of carbonyl (C=O) groups is 1. The van der Waals surface area contributed by atoms with Gasteiger partial charge in [-0.25, -0.2) is 0 Å². The van der Waals surface area contributed by atoms with Gasteiger partial charge in [0.2, 0.25) is 0 Å². The molecule has 1 unspecified atom stereocenters. The number of rotatable bonds is 2. The Bertz CT molecular complexity index is 436. The minimum atomic E-state index is -0.117. The molecule has 1 aromatic carbocycles. The fourth-order valence-corrected chi connectivity index (χ4v) is 2.77. The van der Waals surface area contributed by atoms with Crippen molar-refractivity contribution >= 4 is 5.97 Å². The van der Waals surface area contributed by atoms with Crippen LogP contribution in [0.4, 0.5) is 0 Å². The number of hydrogen-bond acceptors (Lipinski definition) is 3. The average molecular weight is 261 g/mol. The Hall–Kier alpha value is -1.35. The number of methoxy groups -OCH3 is 1. The van der Waals surface area contributed by atoms with E-state index in [1.54, 1.807) is 0 Å². The number of esters is 1. The summed E-state index contributed by atoms with van der Waals surface area (Å²) in [6.45, 7) is 6.60. The molecule has 0 aromatic heterocycles. The zero-order chi connectivity index (χ0) is 14.0. The highest BCUT2D eigenvalue weighted by Gasteiger charge is 2.43. The van der Waals surface area contributed by atoms with Crippen LogP contribution in [0.1, 0.15) is 38.8 Å². The summed E-state index contributed by atoms with van der Waals surface area (Å²) in [6.07, 6.45) is 0.829. The zero-order valence-corrected chi connectivity index (χ0v) is 12.1. The molecular weight excluding hydrogens is 238 g/mol. The SMILES string of the molecule is COC(=O)[C@H]1CC(C(C)(C)C)N[C@@H]1c1ccccc1. The van der Waals surface area contributed by atoms with Crippen LogP contribution in [0.5, 0.6) is 0 Å². The van der Waals surface area contributed by atoms with E-state index < -0.39 is 0 Å². The van der Waals surface area contributed by atoms with Crippen molar-refractivity contribution in [3.05, 3.63) is 35.9 Å². The van der Waals surface area contributed by atoms with Gasteiger partial charge in [-0.15, -0.1) is 0 Å². The third-order valence-electron chi connectivity index (χ3n) is 3.98. The largest absolute Gasteiger partial charge is 0.469 e. The molecule has 1 aliphatic rings. The summed E-state index contributed by atoms with van der Waals surface area (Å²) in [7, 11) is 1.47. The van der Waals surface area contributed by atoms with Crippen molar-refractivity contribution in [1.82, 2.24) is 5.32 Å². The molecule has 19 heavy (non-hydrogen) atoms. The van der Waals surface area contributed by atoms with Crippen molar-refractivity contribution in [2.75, 3.05) is 7.11 Å². The van der Waals surface area contributed by atoms with E-state index >= 15 is 0 Å². The maximum absolute atomic E-state index is 12.0. The summed E-state index contributed by atoms with van der Waals surface area (Å²) in [5.41, 5.74) is 1.29. The summed E-state index contributed by atoms with van der Waals surface area (Å²) < 4.78 is 4.97. The van der Waals surface area contributed by atoms with Gasteiger partial charge < -0.3 is 10.1 Å². The first-order chi connectivity index (χ1) is 8.93. The molecule has 1 heterocycles. The Balaban J connectivity index is 2.27. The molecule has 0 spiro atoms. The molecule has 2 rings (SSSR count). The molecule has 0 amide bonds. The maximum Gasteiger partial charge on any atom is 0.310 e. The topological polar surface area (TPSA) is 38.3 Å². The lowest BCUT2D eigenvalue weighted by Gasteiger charge is -2.27. The first-order valence-corrected chi connectivity index (χ1v) is 6.82. The van der Waals surface area contributed by atoms with Crippen molar-refractivity contribution in [1.29, 1.82) is 0 Å². The smallest absolute Gasteiger partial charge is 0.310 e. The molecule has 1 saturated heterocycles. The van der Waals surface area contributed by atoms with Gasteiger partial charge in [-0.3, -0.25) is 4.79 Å². The van der Waals surface area contributed by atoms with Crippen LogP contribution in [0.2, 0.25) is 0 Å². The van der Waals surface area contributed by atoms with Crippen molar-refractivity contribution in [3.63, 3.8) is 0 Å². The Morgan fingerprint density at radius 1 is 1.26 bits per heavy atom. The third-order valence-corrected chi connectivity index (χ3v) is 3.98. The van der Waals surface area contributed by atoms with Crippen molar-refractivity contribution < 1.29 is 9.53 Å². The van der Waals surface area contributed by atoms with Crippen LogP contribution >= 0.6 is 0 Å². The van der Waals surface area contributed by atoms with E-state index in [4.69, 9.17) is 4.74 Å². The van der Waals surface area contributed by atoms with Crippen molar-refractivity contribution in [2.45, 2.75) is 39.3 Å². The molecule has 3 atom stereocenters. The number of nitrogens with one attached hydrogen (secondary N) is 1. The normalized spacial score (nSPS) is 27.3. The minimum Gasteiger partial charge on any atom is -0.469 e. The van der Waals surface area contributed by atoms with Gasteiger partial charge in [0.25, 0.3) is 0 Å². The standard InChI is InChI=1S/C16H23NO2/c1-16(2,3)13-10-12(15(18)19-4)14(17-13)11-8-6-5-7-9-11/h5-9,12-14,17H,10H2,1-4H3/t12-,13?,14+/m0/s1. The Morgan fingerprint density at radius 2 is 1.89 bits per heavy atom. The molecule has 3 heteroatoms. The van der Waals surface area contributed by atoms with Gasteiger partial charge in [0, 0.05) is 12.1 Å². The Labute approximate surface area is 115 Å². The lowest BCUT2D eigenvalue weighted by Crippen LogP contribution is -2.36. The fourth-order valence-electron chi connectivity index (χ4n) is 2.77. The molecule has 0 radical (unpaired) electrons. The summed E-state index contributed by atoms with van der Waals surface area (Å²) in [5.74, 6) is -0.218. The second-order valence-corrected chi connectivity index (χ2v) is 6.34. The summed E-state index contributed by atoms with van der Waals surface area (Å²) >= 11 is 0. The number of carbonyl (C=O) groups excluding carboxylic acids is 1. The van der Waals surface area contributed by atoms with Crippen LogP contribution < -0.4 is 5.32 Å². The van der Waals surface area contributed by atoms with Gasteiger partial charge in [0.05, 0.1) is 13.0 Å². The monoisotopic (exact) mass is 261 g/mol. The molecule has 0 bridgehead atoms. The molecule has 0 aliphatic carbocycles. The van der Waals surface area contributed by atoms with Crippen LogP contribution in [-0.2, 0) is 9.53 Å². The molecular formula is C16H23NO2. The van der Waals surface area contributed by atoms with Gasteiger partial charge >= 0.3 is 5.97 Å². The molecule has 1 fully saturated rings. The highest BCUT2D eigenvalue weighted by molar-refractivity contribution is 5.74. The second-order valence-electron chi connectivity index (χ2n) is 6.34. The van der Waals surface area contributed by atoms with Gasteiger partial charge in [-0.2, -0.15) is 0 Å². The summed E-state index contributed by atoms with van der Waals surface area (Å²) in [4.78, 5) is 12.0. The van der Waals surface area contributed by atoms with Crippen molar-refractivity contribution in [3.8, 4) is 0 Å². The van der Waals surface area contributed by atoms with E-state index in [1.165, 1.54) is 7.11 Å². The van der Waals surface area contributed by atoms with E-state index in [-0.39, 0.29) is 23.3 Å². The highest BCUT2D eigenvalue weighted by Crippen LogP contribution is 2.39. The van der Waals surface area contributed by atoms with Gasteiger partial charge in [-0.1, -0.05) is 51.1 Å². The van der Waals surface area contributed by atoms with Gasteiger partial charge in [0.1, 0.15) is 0 Å². The lowest BCUT2D eigenvalue weighted by molar-refractivity contribution is -0.145. The predicted molar refractivity (Wildman–Crippen MR) is 75.7 cm³/mol. The first kappa shape index (κ1) is 14.1. The van der Waals surface area contributed by atoms with Crippen LogP contribution in [-0.4, -0.2) is 19.1 Å². The Morgan fingerprint density at radius 3 is 2.42 bits per heavy atom. The van der Waals surface area contributed by atoms with Crippen LogP contribution in [0.15, 0.2) is 30.3 Å². The average Bonchev–Trinajstić information content (AvgIpc) is 2.83. The van der Waals surface area contributed by atoms with Gasteiger partial charge in [-0.05, 0) is 17.4 Å². The molecule has 104 valence electrons. The predicted octanol–water partition coefficient (Wildman–Crippen LogP) is 2.92. The molecule has 1 aliphatic heterocycles. The van der Waals surface area contributed by atoms with Crippen molar-refractivity contribution in [2.24, 2.45) is 11.3 Å². The van der Waals surface area contributed by atoms with Crippen LogP contribution in [0.25, 0.3) is 0 Å². The summed E-state index contributed by atoms with van der Waals surface area (Å²) in [6, 6.07) is 10.5. The van der Waals surface area contributed by atoms with Gasteiger partial charge in [0.15, 0.2) is 0 Å². The zero-order valence-electron chi connectivity index (χ0n) is 12.1. The molecule has 1 N–H and O–H groups in total. The maximum atomic E-state index is 12.0. The number of hydrogen-bond donors (Lipinski definition) is 1.